The van der Waals surface area contributed by atoms with Crippen LogP contribution in [0.25, 0.3) is 0 Å². The Kier molecular flexibility index (Phi) is 6.58. The molecule has 0 bridgehead atoms. The van der Waals surface area contributed by atoms with Crippen LogP contribution in [0.2, 0.25) is 0 Å². The Morgan fingerprint density at radius 3 is 2.67 bits per heavy atom. The summed E-state index contributed by atoms with van der Waals surface area (Å²) in [6, 6.07) is 9.78. The molecular weight excluding hydrogens is 296 g/mol. The van der Waals surface area contributed by atoms with E-state index in [1.165, 1.54) is 17.3 Å². The molecule has 0 amide bonds. The van der Waals surface area contributed by atoms with E-state index in [2.05, 4.69) is 48.1 Å². The lowest BCUT2D eigenvalue weighted by Crippen LogP contribution is -2.31. The number of nitrogens with one attached hydrogen (secondary N) is 1. The van der Waals surface area contributed by atoms with Crippen molar-refractivity contribution in [3.63, 3.8) is 0 Å². The lowest BCUT2D eigenvalue weighted by Gasteiger charge is -2.19. The van der Waals surface area contributed by atoms with Gasteiger partial charge in [-0.05, 0) is 48.8 Å². The zero-order valence-electron chi connectivity index (χ0n) is 14.2. The maximum atomic E-state index is 6.24. The zero-order chi connectivity index (χ0) is 17.4. The molecular formula is C20H26N4. The average Bonchev–Trinajstić information content (AvgIpc) is 2.60. The summed E-state index contributed by atoms with van der Waals surface area (Å²) in [7, 11) is 0. The van der Waals surface area contributed by atoms with Gasteiger partial charge in [-0.2, -0.15) is 0 Å². The van der Waals surface area contributed by atoms with Crippen molar-refractivity contribution in [2.24, 2.45) is 16.5 Å². The first-order valence-electron chi connectivity index (χ1n) is 8.18. The zero-order valence-corrected chi connectivity index (χ0v) is 14.2. The van der Waals surface area contributed by atoms with Gasteiger partial charge in [-0.15, -0.1) is 0 Å². The number of benzene rings is 1. The van der Waals surface area contributed by atoms with Crippen molar-refractivity contribution in [1.82, 2.24) is 5.32 Å². The quantitative estimate of drug-likeness (QED) is 0.675. The average molecular weight is 322 g/mol. The van der Waals surface area contributed by atoms with E-state index in [1.54, 1.807) is 6.08 Å². The van der Waals surface area contributed by atoms with Crippen molar-refractivity contribution in [3.8, 4) is 0 Å². The summed E-state index contributed by atoms with van der Waals surface area (Å²) in [6.07, 6.45) is 9.65. The Morgan fingerprint density at radius 2 is 2.00 bits per heavy atom. The van der Waals surface area contributed by atoms with E-state index in [1.807, 2.05) is 18.2 Å². The number of allylic oxidation sites excluding steroid dienone is 3. The van der Waals surface area contributed by atoms with E-state index in [9.17, 15) is 0 Å². The molecule has 0 saturated carbocycles. The first-order chi connectivity index (χ1) is 11.6. The molecule has 0 spiro atoms. The van der Waals surface area contributed by atoms with Crippen molar-refractivity contribution < 1.29 is 0 Å². The van der Waals surface area contributed by atoms with Gasteiger partial charge in [-0.3, -0.25) is 0 Å². The van der Waals surface area contributed by atoms with Crippen molar-refractivity contribution in [1.29, 1.82) is 0 Å². The molecule has 1 aliphatic carbocycles. The number of aliphatic imine (C=N–C) groups is 1. The highest BCUT2D eigenvalue weighted by atomic mass is 15.0. The topological polar surface area (TPSA) is 76.4 Å². The first-order valence-corrected chi connectivity index (χ1v) is 8.18. The van der Waals surface area contributed by atoms with Crippen LogP contribution in [-0.2, 0) is 6.54 Å². The number of hydrogen-bond donors (Lipinski definition) is 3. The minimum absolute atomic E-state index is 0.363. The largest absolute Gasteiger partial charge is 0.405 e. The van der Waals surface area contributed by atoms with Crippen LogP contribution in [0.3, 0.4) is 0 Å². The summed E-state index contributed by atoms with van der Waals surface area (Å²) < 4.78 is 0. The van der Waals surface area contributed by atoms with Crippen molar-refractivity contribution in [3.05, 3.63) is 83.9 Å². The molecule has 0 heterocycles. The highest BCUT2D eigenvalue weighted by Gasteiger charge is 2.17. The summed E-state index contributed by atoms with van der Waals surface area (Å²) in [5.74, 6) is 0.592. The van der Waals surface area contributed by atoms with E-state index in [0.717, 1.165) is 24.1 Å². The molecule has 0 fully saturated rings. The van der Waals surface area contributed by atoms with Gasteiger partial charge in [0.05, 0.1) is 11.8 Å². The molecule has 4 nitrogen and oxygen atoms in total. The standard InChI is InChI=1S/C20H26N4/c1-15-8-6-7-11-18(15)20(19(22)12-13-21)24-16(2)23-14-17-9-4-3-5-10-17/h3-5,8-13,19,23H,2,6-7,14,21-22H2,1H3/b13-12-,24-20+. The van der Waals surface area contributed by atoms with Crippen molar-refractivity contribution >= 4 is 5.71 Å². The fourth-order valence-corrected chi connectivity index (χ4v) is 2.62. The van der Waals surface area contributed by atoms with Crippen LogP contribution in [0.5, 0.6) is 0 Å². The van der Waals surface area contributed by atoms with E-state index < -0.39 is 0 Å². The molecule has 5 N–H and O–H groups in total. The Hall–Kier alpha value is -2.59. The van der Waals surface area contributed by atoms with Crippen LogP contribution in [0.4, 0.5) is 0 Å². The Morgan fingerprint density at radius 1 is 1.29 bits per heavy atom. The monoisotopic (exact) mass is 322 g/mol. The summed E-state index contributed by atoms with van der Waals surface area (Å²) >= 11 is 0. The van der Waals surface area contributed by atoms with Crippen molar-refractivity contribution in [2.75, 3.05) is 0 Å². The minimum Gasteiger partial charge on any atom is -0.405 e. The SMILES string of the molecule is C=C(/N=C(\C1=CCCC=C1C)C(N)/C=C\N)NCc1ccccc1. The molecule has 1 unspecified atom stereocenters. The first kappa shape index (κ1) is 17.8. The molecule has 0 aliphatic heterocycles. The summed E-state index contributed by atoms with van der Waals surface area (Å²) in [6.45, 7) is 6.77. The smallest absolute Gasteiger partial charge is 0.119 e. The molecule has 0 saturated heterocycles. The van der Waals surface area contributed by atoms with Crippen LogP contribution in [0.1, 0.15) is 25.3 Å². The second kappa shape index (κ2) is 8.89. The number of rotatable bonds is 7. The molecule has 0 aromatic heterocycles. The molecule has 2 rings (SSSR count). The molecule has 1 aromatic rings. The predicted octanol–water partition coefficient (Wildman–Crippen LogP) is 3.15. The summed E-state index contributed by atoms with van der Waals surface area (Å²) in [4.78, 5) is 4.65. The lowest BCUT2D eigenvalue weighted by molar-refractivity contribution is 0.802. The summed E-state index contributed by atoms with van der Waals surface area (Å²) in [5.41, 5.74) is 16.0. The third-order valence-corrected chi connectivity index (χ3v) is 3.90. The van der Waals surface area contributed by atoms with Crippen LogP contribution < -0.4 is 16.8 Å². The fraction of sp³-hybridized carbons (Fsp3) is 0.250. The second-order valence-electron chi connectivity index (χ2n) is 5.78. The van der Waals surface area contributed by atoms with E-state index >= 15 is 0 Å². The highest BCUT2D eigenvalue weighted by Crippen LogP contribution is 2.21. The van der Waals surface area contributed by atoms with Crippen LogP contribution in [0.15, 0.2) is 83.3 Å². The Labute approximate surface area is 144 Å². The molecule has 0 radical (unpaired) electrons. The normalized spacial score (nSPS) is 16.5. The van der Waals surface area contributed by atoms with E-state index in [0.29, 0.717) is 12.4 Å². The fourth-order valence-electron chi connectivity index (χ4n) is 2.62. The van der Waals surface area contributed by atoms with E-state index in [-0.39, 0.29) is 6.04 Å². The maximum absolute atomic E-state index is 6.24. The Balaban J connectivity index is 2.16. The third-order valence-electron chi connectivity index (χ3n) is 3.90. The van der Waals surface area contributed by atoms with Gasteiger partial charge in [0.1, 0.15) is 5.82 Å². The molecule has 4 heteroatoms. The molecule has 1 aliphatic rings. The van der Waals surface area contributed by atoms with Gasteiger partial charge in [-0.1, -0.05) is 49.1 Å². The highest BCUT2D eigenvalue weighted by molar-refractivity contribution is 6.08. The predicted molar refractivity (Wildman–Crippen MR) is 102 cm³/mol. The van der Waals surface area contributed by atoms with Crippen LogP contribution in [0, 0.1) is 0 Å². The van der Waals surface area contributed by atoms with Gasteiger partial charge in [0, 0.05) is 6.54 Å². The van der Waals surface area contributed by atoms with Crippen LogP contribution in [-0.4, -0.2) is 11.8 Å². The number of nitrogens with zero attached hydrogens (tertiary/aromatic N) is 1. The van der Waals surface area contributed by atoms with Gasteiger partial charge in [-0.25, -0.2) is 4.99 Å². The second-order valence-corrected chi connectivity index (χ2v) is 5.78. The van der Waals surface area contributed by atoms with Gasteiger partial charge in [0.25, 0.3) is 0 Å². The molecule has 126 valence electrons. The third kappa shape index (κ3) is 4.96. The molecule has 1 atom stereocenters. The van der Waals surface area contributed by atoms with Crippen LogP contribution >= 0.6 is 0 Å². The van der Waals surface area contributed by atoms with Gasteiger partial charge in [0.15, 0.2) is 0 Å². The minimum atomic E-state index is -0.363. The summed E-state index contributed by atoms with van der Waals surface area (Å²) in [5, 5.41) is 3.24. The molecule has 24 heavy (non-hydrogen) atoms. The lowest BCUT2D eigenvalue weighted by atomic mass is 9.92. The number of nitrogens with two attached hydrogens (primary N) is 2. The van der Waals surface area contributed by atoms with Crippen molar-refractivity contribution in [2.45, 2.75) is 32.4 Å². The number of hydrogen-bond acceptors (Lipinski definition) is 4. The van der Waals surface area contributed by atoms with Gasteiger partial charge >= 0.3 is 0 Å². The maximum Gasteiger partial charge on any atom is 0.119 e. The molecule has 1 aromatic carbocycles. The Bertz CT molecular complexity index is 681. The van der Waals surface area contributed by atoms with Gasteiger partial charge in [0.2, 0.25) is 0 Å². The van der Waals surface area contributed by atoms with E-state index in [4.69, 9.17) is 11.5 Å². The van der Waals surface area contributed by atoms with Gasteiger partial charge < -0.3 is 16.8 Å².